The number of hydrogen-bond acceptors (Lipinski definition) is 3. The average molecular weight is 385 g/mol. The number of aromatic amines is 1. The number of H-pyrrole nitrogens is 1. The second-order valence-corrected chi connectivity index (χ2v) is 7.32. The summed E-state index contributed by atoms with van der Waals surface area (Å²) in [6, 6.07) is 15.7. The minimum absolute atomic E-state index is 0.133. The molecule has 146 valence electrons. The van der Waals surface area contributed by atoms with E-state index in [1.165, 1.54) is 5.56 Å². The quantitative estimate of drug-likeness (QED) is 0.510. The van der Waals surface area contributed by atoms with Gasteiger partial charge in [0, 0.05) is 23.6 Å². The molecular weight excluding hydrogens is 362 g/mol. The van der Waals surface area contributed by atoms with Gasteiger partial charge in [-0.3, -0.25) is 4.79 Å². The normalized spacial score (nSPS) is 11.0. The monoisotopic (exact) mass is 385 g/mol. The van der Waals surface area contributed by atoms with Crippen LogP contribution in [0.15, 0.2) is 67.1 Å². The van der Waals surface area contributed by atoms with E-state index in [1.807, 2.05) is 60.1 Å². The number of carbonyl (C=O) groups excluding carboxylic acids is 1. The summed E-state index contributed by atoms with van der Waals surface area (Å²) in [5, 5.41) is 7.49. The van der Waals surface area contributed by atoms with Crippen LogP contribution >= 0.6 is 0 Å². The van der Waals surface area contributed by atoms with Gasteiger partial charge in [0.2, 0.25) is 0 Å². The van der Waals surface area contributed by atoms with Crippen molar-refractivity contribution in [2.75, 3.05) is 5.32 Å². The van der Waals surface area contributed by atoms with Crippen LogP contribution in [0.4, 0.5) is 5.69 Å². The van der Waals surface area contributed by atoms with Crippen LogP contribution in [-0.4, -0.2) is 25.7 Å². The third-order valence-electron chi connectivity index (χ3n) is 4.77. The minimum Gasteiger partial charge on any atom is -0.345 e. The number of amides is 1. The Labute approximate surface area is 169 Å². The number of nitrogens with zero attached hydrogens (tertiary/aromatic N) is 3. The number of hydrogen-bond donors (Lipinski definition) is 2. The first-order chi connectivity index (χ1) is 14.0. The van der Waals surface area contributed by atoms with Gasteiger partial charge in [0.1, 0.15) is 5.82 Å². The third kappa shape index (κ3) is 3.82. The summed E-state index contributed by atoms with van der Waals surface area (Å²) < 4.78 is 1.85. The first-order valence-corrected chi connectivity index (χ1v) is 9.59. The highest BCUT2D eigenvalue weighted by molar-refractivity contribution is 6.05. The fourth-order valence-corrected chi connectivity index (χ4v) is 3.35. The predicted octanol–water partition coefficient (Wildman–Crippen LogP) is 4.95. The van der Waals surface area contributed by atoms with Crippen LogP contribution < -0.4 is 5.32 Å². The lowest BCUT2D eigenvalue weighted by molar-refractivity contribution is 0.102. The minimum atomic E-state index is -0.177. The molecule has 0 aliphatic carbocycles. The average Bonchev–Trinajstić information content (AvgIpc) is 3.39. The number of carbonyl (C=O) groups is 1. The molecule has 0 bridgehead atoms. The Morgan fingerprint density at radius 1 is 1.14 bits per heavy atom. The molecule has 0 saturated carbocycles. The van der Waals surface area contributed by atoms with Gasteiger partial charge in [-0.1, -0.05) is 43.7 Å². The van der Waals surface area contributed by atoms with Crippen molar-refractivity contribution in [3.8, 4) is 17.1 Å². The van der Waals surface area contributed by atoms with E-state index >= 15 is 0 Å². The highest BCUT2D eigenvalue weighted by Gasteiger charge is 2.21. The molecule has 4 aromatic rings. The van der Waals surface area contributed by atoms with Crippen molar-refractivity contribution in [3.05, 3.63) is 83.9 Å². The van der Waals surface area contributed by atoms with Gasteiger partial charge >= 0.3 is 0 Å². The molecular formula is C23H23N5O. The van der Waals surface area contributed by atoms with E-state index in [0.717, 1.165) is 22.8 Å². The first-order valence-electron chi connectivity index (χ1n) is 9.59. The molecule has 0 unspecified atom stereocenters. The lowest BCUT2D eigenvalue weighted by Crippen LogP contribution is -2.15. The van der Waals surface area contributed by atoms with Crippen molar-refractivity contribution in [2.45, 2.75) is 26.7 Å². The number of benzene rings is 2. The van der Waals surface area contributed by atoms with Gasteiger partial charge < -0.3 is 10.3 Å². The summed E-state index contributed by atoms with van der Waals surface area (Å²) >= 11 is 0. The molecule has 2 heterocycles. The zero-order valence-electron chi connectivity index (χ0n) is 16.7. The number of nitrogens with one attached hydrogen (secondary N) is 2. The maximum atomic E-state index is 13.0. The number of aromatic nitrogens is 4. The van der Waals surface area contributed by atoms with E-state index in [1.54, 1.807) is 18.6 Å². The van der Waals surface area contributed by atoms with Crippen molar-refractivity contribution < 1.29 is 4.79 Å². The molecule has 4 rings (SSSR count). The summed E-state index contributed by atoms with van der Waals surface area (Å²) in [4.78, 5) is 20.4. The molecule has 6 heteroatoms. The number of anilines is 1. The van der Waals surface area contributed by atoms with Crippen LogP contribution in [0.25, 0.3) is 17.1 Å². The van der Waals surface area contributed by atoms with Gasteiger partial charge in [0.25, 0.3) is 5.91 Å². The Bertz CT molecular complexity index is 1120. The second kappa shape index (κ2) is 7.75. The summed E-state index contributed by atoms with van der Waals surface area (Å²) in [5.74, 6) is 0.717. The van der Waals surface area contributed by atoms with E-state index < -0.39 is 0 Å². The van der Waals surface area contributed by atoms with Gasteiger partial charge in [-0.2, -0.15) is 5.10 Å². The van der Waals surface area contributed by atoms with Crippen LogP contribution in [0.5, 0.6) is 0 Å². The molecule has 2 N–H and O–H groups in total. The summed E-state index contributed by atoms with van der Waals surface area (Å²) in [6.07, 6.45) is 5.12. The number of aryl methyl sites for hydroxylation is 1. The molecule has 0 aliphatic rings. The number of rotatable bonds is 5. The Morgan fingerprint density at radius 2 is 1.93 bits per heavy atom. The smallest absolute Gasteiger partial charge is 0.259 e. The molecule has 0 radical (unpaired) electrons. The molecule has 0 aliphatic heterocycles. The molecule has 0 atom stereocenters. The summed E-state index contributed by atoms with van der Waals surface area (Å²) in [7, 11) is 0. The zero-order chi connectivity index (χ0) is 20.4. The molecule has 6 nitrogen and oxygen atoms in total. The standard InChI is InChI=1S/C23H23N5O/c1-15(2)21-20(14-26-28(21)19-9-7-16(3)8-10-19)23(29)27-18-6-4-5-17(13-18)22-24-11-12-25-22/h4-15H,1-3H3,(H,24,25)(H,27,29). The zero-order valence-corrected chi connectivity index (χ0v) is 16.7. The van der Waals surface area contributed by atoms with Crippen molar-refractivity contribution in [1.82, 2.24) is 19.7 Å². The van der Waals surface area contributed by atoms with E-state index in [2.05, 4.69) is 34.2 Å². The third-order valence-corrected chi connectivity index (χ3v) is 4.77. The molecule has 2 aromatic carbocycles. The van der Waals surface area contributed by atoms with Gasteiger partial charge in [-0.25, -0.2) is 9.67 Å². The molecule has 0 spiro atoms. The van der Waals surface area contributed by atoms with Crippen molar-refractivity contribution in [2.24, 2.45) is 0 Å². The van der Waals surface area contributed by atoms with E-state index in [4.69, 9.17) is 0 Å². The van der Waals surface area contributed by atoms with Crippen molar-refractivity contribution in [3.63, 3.8) is 0 Å². The highest BCUT2D eigenvalue weighted by atomic mass is 16.1. The maximum absolute atomic E-state index is 13.0. The van der Waals surface area contributed by atoms with Gasteiger partial charge in [0.05, 0.1) is 23.1 Å². The molecule has 0 saturated heterocycles. The van der Waals surface area contributed by atoms with Crippen LogP contribution in [-0.2, 0) is 0 Å². The number of imidazole rings is 1. The Morgan fingerprint density at radius 3 is 2.62 bits per heavy atom. The van der Waals surface area contributed by atoms with E-state index in [0.29, 0.717) is 11.3 Å². The largest absolute Gasteiger partial charge is 0.345 e. The summed E-state index contributed by atoms with van der Waals surface area (Å²) in [6.45, 7) is 6.18. The van der Waals surface area contributed by atoms with E-state index in [9.17, 15) is 4.79 Å². The highest BCUT2D eigenvalue weighted by Crippen LogP contribution is 2.25. The molecule has 2 aromatic heterocycles. The topological polar surface area (TPSA) is 75.6 Å². The van der Waals surface area contributed by atoms with Crippen LogP contribution in [0.1, 0.15) is 41.4 Å². The van der Waals surface area contributed by atoms with E-state index in [-0.39, 0.29) is 11.8 Å². The maximum Gasteiger partial charge on any atom is 0.259 e. The second-order valence-electron chi connectivity index (χ2n) is 7.32. The Hall–Kier alpha value is -3.67. The van der Waals surface area contributed by atoms with Gasteiger partial charge in [-0.05, 0) is 37.1 Å². The van der Waals surface area contributed by atoms with Crippen LogP contribution in [0.3, 0.4) is 0 Å². The van der Waals surface area contributed by atoms with Crippen molar-refractivity contribution >= 4 is 11.6 Å². The Balaban J connectivity index is 1.64. The molecule has 1 amide bonds. The molecule has 29 heavy (non-hydrogen) atoms. The molecule has 0 fully saturated rings. The van der Waals surface area contributed by atoms with Gasteiger partial charge in [0.15, 0.2) is 0 Å². The lowest BCUT2D eigenvalue weighted by atomic mass is 10.0. The van der Waals surface area contributed by atoms with Crippen molar-refractivity contribution in [1.29, 1.82) is 0 Å². The first kappa shape index (κ1) is 18.7. The Kier molecular flexibility index (Phi) is 4.99. The van der Waals surface area contributed by atoms with Crippen LogP contribution in [0, 0.1) is 6.92 Å². The fourth-order valence-electron chi connectivity index (χ4n) is 3.35. The summed E-state index contributed by atoms with van der Waals surface area (Å²) in [5.41, 5.74) is 5.20. The lowest BCUT2D eigenvalue weighted by Gasteiger charge is -2.13. The van der Waals surface area contributed by atoms with Gasteiger partial charge in [-0.15, -0.1) is 0 Å². The SMILES string of the molecule is Cc1ccc(-n2ncc(C(=O)Nc3cccc(-c4ncc[nH]4)c3)c2C(C)C)cc1. The van der Waals surface area contributed by atoms with Crippen LogP contribution in [0.2, 0.25) is 0 Å². The predicted molar refractivity (Wildman–Crippen MR) is 114 cm³/mol. The fraction of sp³-hybridized carbons (Fsp3) is 0.174.